The maximum absolute atomic E-state index is 10.7. The molecule has 0 amide bonds. The lowest BCUT2D eigenvalue weighted by atomic mass is 9.99. The monoisotopic (exact) mass is 292 g/mol. The summed E-state index contributed by atoms with van der Waals surface area (Å²) in [6.45, 7) is 6.18. The van der Waals surface area contributed by atoms with E-state index in [1.165, 1.54) is 0 Å². The maximum atomic E-state index is 10.7. The highest BCUT2D eigenvalue weighted by molar-refractivity contribution is 5.67. The molecule has 0 atom stereocenters. The van der Waals surface area contributed by atoms with Crippen molar-refractivity contribution in [2.24, 2.45) is 0 Å². The van der Waals surface area contributed by atoms with Crippen LogP contribution < -0.4 is 0 Å². The zero-order chi connectivity index (χ0) is 15.7. The van der Waals surface area contributed by atoms with Gasteiger partial charge in [0.1, 0.15) is 5.69 Å². The van der Waals surface area contributed by atoms with E-state index >= 15 is 0 Å². The Morgan fingerprint density at radius 1 is 1.00 bits per heavy atom. The summed E-state index contributed by atoms with van der Waals surface area (Å²) in [5.74, 6) is 0.410. The van der Waals surface area contributed by atoms with Crippen molar-refractivity contribution < 1.29 is 5.11 Å². The van der Waals surface area contributed by atoms with Gasteiger partial charge >= 0.3 is 0 Å². The van der Waals surface area contributed by atoms with Gasteiger partial charge < -0.3 is 5.11 Å². The van der Waals surface area contributed by atoms with E-state index < -0.39 is 0 Å². The van der Waals surface area contributed by atoms with Crippen LogP contribution in [0.5, 0.6) is 5.88 Å². The van der Waals surface area contributed by atoms with Crippen molar-refractivity contribution in [2.45, 2.75) is 26.7 Å². The van der Waals surface area contributed by atoms with Crippen molar-refractivity contribution in [1.82, 2.24) is 9.78 Å². The molecule has 1 N–H and O–H groups in total. The van der Waals surface area contributed by atoms with Gasteiger partial charge in [0.15, 0.2) is 0 Å². The van der Waals surface area contributed by atoms with Gasteiger partial charge in [0.25, 0.3) is 0 Å². The number of hydrogen-bond donors (Lipinski definition) is 1. The molecule has 0 aliphatic rings. The Kier molecular flexibility index (Phi) is 3.72. The van der Waals surface area contributed by atoms with Crippen molar-refractivity contribution in [1.29, 1.82) is 0 Å². The lowest BCUT2D eigenvalue weighted by molar-refractivity contribution is 0.425. The zero-order valence-corrected chi connectivity index (χ0v) is 13.1. The molecule has 112 valence electrons. The molecule has 0 aliphatic heterocycles. The molecule has 0 unspecified atom stereocenters. The first kappa shape index (κ1) is 14.4. The maximum Gasteiger partial charge on any atom is 0.218 e. The van der Waals surface area contributed by atoms with Gasteiger partial charge in [-0.3, -0.25) is 0 Å². The number of aromatic hydroxyl groups is 1. The Hall–Kier alpha value is -2.55. The van der Waals surface area contributed by atoms with Gasteiger partial charge in [0.05, 0.1) is 5.69 Å². The summed E-state index contributed by atoms with van der Waals surface area (Å²) in [5, 5.41) is 15.4. The van der Waals surface area contributed by atoms with Crippen LogP contribution in [0, 0.1) is 6.92 Å². The van der Waals surface area contributed by atoms with Crippen molar-refractivity contribution in [3.8, 4) is 22.8 Å². The van der Waals surface area contributed by atoms with Crippen LogP contribution in [0.4, 0.5) is 0 Å². The highest BCUT2D eigenvalue weighted by Crippen LogP contribution is 2.36. The normalized spacial score (nSPS) is 11.1. The van der Waals surface area contributed by atoms with Gasteiger partial charge in [-0.05, 0) is 30.5 Å². The van der Waals surface area contributed by atoms with E-state index in [1.54, 1.807) is 4.68 Å². The summed E-state index contributed by atoms with van der Waals surface area (Å²) in [6, 6.07) is 18.0. The molecule has 3 heteroatoms. The van der Waals surface area contributed by atoms with Crippen LogP contribution in [0.3, 0.4) is 0 Å². The zero-order valence-electron chi connectivity index (χ0n) is 13.1. The smallest absolute Gasteiger partial charge is 0.218 e. The van der Waals surface area contributed by atoms with Gasteiger partial charge in [-0.25, -0.2) is 4.68 Å². The topological polar surface area (TPSA) is 38.0 Å². The minimum absolute atomic E-state index is 0.189. The highest BCUT2D eigenvalue weighted by Gasteiger charge is 2.21. The van der Waals surface area contributed by atoms with Crippen LogP contribution in [0.2, 0.25) is 0 Å². The van der Waals surface area contributed by atoms with Gasteiger partial charge in [-0.2, -0.15) is 5.10 Å². The van der Waals surface area contributed by atoms with Crippen LogP contribution in [0.25, 0.3) is 16.9 Å². The summed E-state index contributed by atoms with van der Waals surface area (Å²) < 4.78 is 1.63. The minimum Gasteiger partial charge on any atom is -0.493 e. The fraction of sp³-hybridized carbons (Fsp3) is 0.211. The molecule has 0 spiro atoms. The molecule has 22 heavy (non-hydrogen) atoms. The van der Waals surface area contributed by atoms with Gasteiger partial charge in [-0.1, -0.05) is 56.3 Å². The van der Waals surface area contributed by atoms with E-state index in [0.717, 1.165) is 28.1 Å². The average molecular weight is 292 g/mol. The van der Waals surface area contributed by atoms with E-state index in [4.69, 9.17) is 0 Å². The number of hydrogen-bond acceptors (Lipinski definition) is 2. The first-order valence-corrected chi connectivity index (χ1v) is 7.52. The van der Waals surface area contributed by atoms with Crippen molar-refractivity contribution in [2.75, 3.05) is 0 Å². The molecule has 0 saturated heterocycles. The first-order chi connectivity index (χ1) is 10.6. The Morgan fingerprint density at radius 2 is 1.73 bits per heavy atom. The van der Waals surface area contributed by atoms with Crippen LogP contribution in [-0.2, 0) is 0 Å². The molecule has 1 heterocycles. The number of rotatable bonds is 3. The van der Waals surface area contributed by atoms with Gasteiger partial charge in [-0.15, -0.1) is 0 Å². The Bertz CT molecular complexity index is 788. The standard InChI is InChI=1S/C19H20N2O/c1-13(2)17-18(15-9-5-4-6-10-15)20-21(19(17)22)16-11-7-8-14(3)12-16/h4-13,22H,1-3H3. The second-order valence-corrected chi connectivity index (χ2v) is 5.86. The van der Waals surface area contributed by atoms with Crippen LogP contribution in [0.15, 0.2) is 54.6 Å². The fourth-order valence-corrected chi connectivity index (χ4v) is 2.70. The quantitative estimate of drug-likeness (QED) is 0.761. The molecule has 3 aromatic rings. The molecule has 0 fully saturated rings. The van der Waals surface area contributed by atoms with E-state index in [1.807, 2.05) is 61.5 Å². The molecule has 0 aliphatic carbocycles. The summed E-state index contributed by atoms with van der Waals surface area (Å²) in [4.78, 5) is 0. The number of benzene rings is 2. The van der Waals surface area contributed by atoms with Crippen molar-refractivity contribution in [3.05, 3.63) is 65.7 Å². The number of aryl methyl sites for hydroxylation is 1. The van der Waals surface area contributed by atoms with Crippen LogP contribution in [0.1, 0.15) is 30.9 Å². The van der Waals surface area contributed by atoms with Crippen LogP contribution >= 0.6 is 0 Å². The highest BCUT2D eigenvalue weighted by atomic mass is 16.3. The summed E-state index contributed by atoms with van der Waals surface area (Å²) >= 11 is 0. The molecule has 3 rings (SSSR count). The van der Waals surface area contributed by atoms with E-state index in [9.17, 15) is 5.11 Å². The Morgan fingerprint density at radius 3 is 2.36 bits per heavy atom. The number of aromatic nitrogens is 2. The van der Waals surface area contributed by atoms with E-state index in [-0.39, 0.29) is 11.8 Å². The minimum atomic E-state index is 0.189. The SMILES string of the molecule is Cc1cccc(-n2nc(-c3ccccc3)c(C(C)C)c2O)c1. The van der Waals surface area contributed by atoms with E-state index in [2.05, 4.69) is 18.9 Å². The first-order valence-electron chi connectivity index (χ1n) is 7.52. The molecular weight excluding hydrogens is 272 g/mol. The molecule has 2 aromatic carbocycles. The third-order valence-electron chi connectivity index (χ3n) is 3.77. The van der Waals surface area contributed by atoms with Crippen molar-refractivity contribution >= 4 is 0 Å². The average Bonchev–Trinajstić information content (AvgIpc) is 2.86. The van der Waals surface area contributed by atoms with Gasteiger partial charge in [0.2, 0.25) is 5.88 Å². The summed E-state index contributed by atoms with van der Waals surface area (Å²) in [5.41, 5.74) is 4.76. The molecule has 3 nitrogen and oxygen atoms in total. The fourth-order valence-electron chi connectivity index (χ4n) is 2.70. The molecule has 0 saturated carbocycles. The Balaban J connectivity index is 2.22. The summed E-state index contributed by atoms with van der Waals surface area (Å²) in [7, 11) is 0. The second kappa shape index (κ2) is 5.68. The number of nitrogens with zero attached hydrogens (tertiary/aromatic N) is 2. The molecular formula is C19H20N2O. The predicted molar refractivity (Wildman–Crippen MR) is 89.5 cm³/mol. The van der Waals surface area contributed by atoms with Crippen LogP contribution in [-0.4, -0.2) is 14.9 Å². The van der Waals surface area contributed by atoms with Gasteiger partial charge in [0, 0.05) is 11.1 Å². The predicted octanol–water partition coefficient (Wildman–Crippen LogP) is 4.68. The summed E-state index contributed by atoms with van der Waals surface area (Å²) in [6.07, 6.45) is 0. The largest absolute Gasteiger partial charge is 0.493 e. The van der Waals surface area contributed by atoms with E-state index in [0.29, 0.717) is 0 Å². The lowest BCUT2D eigenvalue weighted by Crippen LogP contribution is -1.96. The molecule has 0 radical (unpaired) electrons. The van der Waals surface area contributed by atoms with Crippen molar-refractivity contribution in [3.63, 3.8) is 0 Å². The molecule has 0 bridgehead atoms. The Labute approximate surface area is 130 Å². The lowest BCUT2D eigenvalue weighted by Gasteiger charge is -2.07. The second-order valence-electron chi connectivity index (χ2n) is 5.86. The third kappa shape index (κ3) is 2.50. The molecule has 1 aromatic heterocycles. The third-order valence-corrected chi connectivity index (χ3v) is 3.77.